The maximum absolute atomic E-state index is 12.9. The molecule has 5 heteroatoms. The first-order valence-electron chi connectivity index (χ1n) is 8.11. The molecular weight excluding hydrogens is 290 g/mol. The van der Waals surface area contributed by atoms with Crippen LogP contribution >= 0.6 is 0 Å². The molecule has 2 fully saturated rings. The van der Waals surface area contributed by atoms with Gasteiger partial charge in [0.15, 0.2) is 0 Å². The van der Waals surface area contributed by atoms with Gasteiger partial charge in [0.2, 0.25) is 5.91 Å². The van der Waals surface area contributed by atoms with E-state index in [1.54, 1.807) is 17.2 Å². The van der Waals surface area contributed by atoms with Crippen LogP contribution in [-0.4, -0.2) is 51.8 Å². The van der Waals surface area contributed by atoms with Crippen molar-refractivity contribution in [3.8, 4) is 0 Å². The van der Waals surface area contributed by atoms with Gasteiger partial charge in [0.25, 0.3) is 5.91 Å². The highest BCUT2D eigenvalue weighted by Crippen LogP contribution is 2.27. The van der Waals surface area contributed by atoms with Crippen molar-refractivity contribution in [1.82, 2.24) is 14.8 Å². The molecule has 0 aliphatic carbocycles. The summed E-state index contributed by atoms with van der Waals surface area (Å²) in [6, 6.07) is 9.13. The first-order chi connectivity index (χ1) is 11.1. The maximum Gasteiger partial charge on any atom is 0.254 e. The Morgan fingerprint density at radius 2 is 2.17 bits per heavy atom. The van der Waals surface area contributed by atoms with Gasteiger partial charge in [-0.05, 0) is 44.0 Å². The van der Waals surface area contributed by atoms with E-state index in [0.717, 1.165) is 30.3 Å². The second-order valence-electron chi connectivity index (χ2n) is 6.37. The van der Waals surface area contributed by atoms with Gasteiger partial charge < -0.3 is 9.80 Å². The van der Waals surface area contributed by atoms with E-state index in [4.69, 9.17) is 0 Å². The SMILES string of the molecule is C[C@@H]1C(=O)N2CCC[C@H]2CN1C(=O)c1ccc2ncccc2c1. The van der Waals surface area contributed by atoms with Crippen LogP contribution in [0.3, 0.4) is 0 Å². The smallest absolute Gasteiger partial charge is 0.254 e. The Hall–Kier alpha value is -2.43. The minimum Gasteiger partial charge on any atom is -0.336 e. The molecular formula is C18H19N3O2. The van der Waals surface area contributed by atoms with Crippen molar-refractivity contribution in [2.45, 2.75) is 31.8 Å². The number of fused-ring (bicyclic) bond motifs is 2. The highest BCUT2D eigenvalue weighted by Gasteiger charge is 2.42. The van der Waals surface area contributed by atoms with Crippen molar-refractivity contribution in [3.63, 3.8) is 0 Å². The van der Waals surface area contributed by atoms with Crippen molar-refractivity contribution >= 4 is 22.7 Å². The first kappa shape index (κ1) is 14.2. The topological polar surface area (TPSA) is 53.5 Å². The van der Waals surface area contributed by atoms with E-state index in [2.05, 4.69) is 4.98 Å². The van der Waals surface area contributed by atoms with E-state index in [0.29, 0.717) is 12.1 Å². The van der Waals surface area contributed by atoms with Crippen LogP contribution in [0.2, 0.25) is 0 Å². The van der Waals surface area contributed by atoms with Crippen LogP contribution < -0.4 is 0 Å². The number of benzene rings is 1. The number of carbonyl (C=O) groups excluding carboxylic acids is 2. The van der Waals surface area contributed by atoms with Crippen molar-refractivity contribution in [2.24, 2.45) is 0 Å². The molecule has 1 aromatic carbocycles. The summed E-state index contributed by atoms with van der Waals surface area (Å²) in [4.78, 5) is 33.4. The molecule has 4 rings (SSSR count). The number of carbonyl (C=O) groups is 2. The van der Waals surface area contributed by atoms with Crippen LogP contribution in [0.25, 0.3) is 10.9 Å². The molecule has 2 amide bonds. The monoisotopic (exact) mass is 309 g/mol. The molecule has 2 atom stereocenters. The lowest BCUT2D eigenvalue weighted by molar-refractivity contribution is -0.141. The summed E-state index contributed by atoms with van der Waals surface area (Å²) in [5, 5.41) is 0.942. The summed E-state index contributed by atoms with van der Waals surface area (Å²) in [6.45, 7) is 3.30. The van der Waals surface area contributed by atoms with Crippen molar-refractivity contribution in [2.75, 3.05) is 13.1 Å². The first-order valence-corrected chi connectivity index (χ1v) is 8.11. The highest BCUT2D eigenvalue weighted by atomic mass is 16.2. The summed E-state index contributed by atoms with van der Waals surface area (Å²) in [5.41, 5.74) is 1.49. The molecule has 0 radical (unpaired) electrons. The molecule has 0 spiro atoms. The average Bonchev–Trinajstić information content (AvgIpc) is 3.06. The van der Waals surface area contributed by atoms with Crippen molar-refractivity contribution in [1.29, 1.82) is 0 Å². The predicted octanol–water partition coefficient (Wildman–Crippen LogP) is 2.07. The van der Waals surface area contributed by atoms with Crippen molar-refractivity contribution in [3.05, 3.63) is 42.1 Å². The fourth-order valence-electron chi connectivity index (χ4n) is 3.71. The summed E-state index contributed by atoms with van der Waals surface area (Å²) in [5.74, 6) is 0.0118. The third-order valence-corrected chi connectivity index (χ3v) is 5.00. The van der Waals surface area contributed by atoms with Crippen molar-refractivity contribution < 1.29 is 9.59 Å². The van der Waals surface area contributed by atoms with Crippen LogP contribution in [0.15, 0.2) is 36.5 Å². The van der Waals surface area contributed by atoms with E-state index in [-0.39, 0.29) is 23.9 Å². The summed E-state index contributed by atoms with van der Waals surface area (Å²) >= 11 is 0. The summed E-state index contributed by atoms with van der Waals surface area (Å²) in [7, 11) is 0. The maximum atomic E-state index is 12.9. The molecule has 2 aromatic rings. The lowest BCUT2D eigenvalue weighted by Crippen LogP contribution is -2.60. The minimum absolute atomic E-state index is 0.0665. The number of rotatable bonds is 1. The molecule has 2 aliphatic rings. The molecule has 0 N–H and O–H groups in total. The van der Waals surface area contributed by atoms with E-state index < -0.39 is 0 Å². The molecule has 118 valence electrons. The van der Waals surface area contributed by atoms with Gasteiger partial charge in [-0.2, -0.15) is 0 Å². The third-order valence-electron chi connectivity index (χ3n) is 5.00. The van der Waals surface area contributed by atoms with Crippen LogP contribution in [0, 0.1) is 0 Å². The van der Waals surface area contributed by atoms with E-state index in [1.807, 2.05) is 36.1 Å². The number of piperazine rings is 1. The molecule has 1 aromatic heterocycles. The van der Waals surface area contributed by atoms with Gasteiger partial charge in [-0.3, -0.25) is 14.6 Å². The normalized spacial score (nSPS) is 24.1. The zero-order valence-electron chi connectivity index (χ0n) is 13.1. The number of pyridine rings is 1. The molecule has 3 heterocycles. The van der Waals surface area contributed by atoms with Crippen LogP contribution in [-0.2, 0) is 4.79 Å². The Morgan fingerprint density at radius 3 is 3.04 bits per heavy atom. The van der Waals surface area contributed by atoms with E-state index >= 15 is 0 Å². The zero-order valence-corrected chi connectivity index (χ0v) is 13.1. The Labute approximate surface area is 134 Å². The molecule has 0 bridgehead atoms. The molecule has 0 unspecified atom stereocenters. The van der Waals surface area contributed by atoms with E-state index in [1.165, 1.54) is 0 Å². The predicted molar refractivity (Wildman–Crippen MR) is 87.0 cm³/mol. The Bertz CT molecular complexity index is 789. The fraction of sp³-hybridized carbons (Fsp3) is 0.389. The molecule has 2 saturated heterocycles. The van der Waals surface area contributed by atoms with E-state index in [9.17, 15) is 9.59 Å². The van der Waals surface area contributed by atoms with Gasteiger partial charge in [-0.1, -0.05) is 6.07 Å². The number of amides is 2. The van der Waals surface area contributed by atoms with Gasteiger partial charge in [-0.15, -0.1) is 0 Å². The lowest BCUT2D eigenvalue weighted by Gasteiger charge is -2.41. The fourth-order valence-corrected chi connectivity index (χ4v) is 3.71. The quantitative estimate of drug-likeness (QED) is 0.810. The van der Waals surface area contributed by atoms with Gasteiger partial charge in [-0.25, -0.2) is 0 Å². The van der Waals surface area contributed by atoms with Gasteiger partial charge in [0, 0.05) is 36.3 Å². The number of nitrogens with zero attached hydrogens (tertiary/aromatic N) is 3. The number of hydrogen-bond acceptors (Lipinski definition) is 3. The molecule has 2 aliphatic heterocycles. The third kappa shape index (κ3) is 2.27. The summed E-state index contributed by atoms with van der Waals surface area (Å²) < 4.78 is 0. The standard InChI is InChI=1S/C18H19N3O2/c1-12-17(22)20-9-3-5-15(20)11-21(12)18(23)14-6-7-16-13(10-14)4-2-8-19-16/h2,4,6-8,10,12,15H,3,5,9,11H2,1H3/t12-,15+/m1/s1. The summed E-state index contributed by atoms with van der Waals surface area (Å²) in [6.07, 6.45) is 3.76. The van der Waals surface area contributed by atoms with Crippen LogP contribution in [0.4, 0.5) is 0 Å². The minimum atomic E-state index is -0.388. The largest absolute Gasteiger partial charge is 0.336 e. The molecule has 0 saturated carbocycles. The number of aromatic nitrogens is 1. The molecule has 5 nitrogen and oxygen atoms in total. The van der Waals surface area contributed by atoms with Gasteiger partial charge in [0.05, 0.1) is 5.52 Å². The second-order valence-corrected chi connectivity index (χ2v) is 6.37. The zero-order chi connectivity index (χ0) is 16.0. The van der Waals surface area contributed by atoms with Crippen LogP contribution in [0.1, 0.15) is 30.1 Å². The Morgan fingerprint density at radius 1 is 1.30 bits per heavy atom. The highest BCUT2D eigenvalue weighted by molar-refractivity contribution is 6.00. The second kappa shape index (κ2) is 5.33. The number of hydrogen-bond donors (Lipinski definition) is 0. The molecule has 23 heavy (non-hydrogen) atoms. The lowest BCUT2D eigenvalue weighted by atomic mass is 10.0. The Balaban J connectivity index is 1.65. The van der Waals surface area contributed by atoms with Crippen LogP contribution in [0.5, 0.6) is 0 Å². The Kier molecular flexibility index (Phi) is 3.29. The van der Waals surface area contributed by atoms with Gasteiger partial charge in [0.1, 0.15) is 6.04 Å². The van der Waals surface area contributed by atoms with Gasteiger partial charge >= 0.3 is 0 Å². The average molecular weight is 309 g/mol.